The van der Waals surface area contributed by atoms with Crippen LogP contribution in [0.15, 0.2) is 134 Å². The fourth-order valence-electron chi connectivity index (χ4n) is 7.19. The maximum atomic E-state index is 12.8. The first-order chi connectivity index (χ1) is 33.6. The molecule has 0 amide bonds. The van der Waals surface area contributed by atoms with Crippen LogP contribution in [-0.4, -0.2) is 37.9 Å². The zero-order chi connectivity index (χ0) is 49.2. The Morgan fingerprint density at radius 2 is 0.691 bits per heavy atom. The van der Waals surface area contributed by atoms with Gasteiger partial charge in [0, 0.05) is 13.0 Å². The fraction of sp³-hybridized carbons (Fsp3) is 0.619. The molecule has 5 nitrogen and oxygen atoms in total. The Balaban J connectivity index is 4.49. The predicted octanol–water partition coefficient (Wildman–Crippen LogP) is 19.1. The Morgan fingerprint density at radius 1 is 0.353 bits per heavy atom. The number of carbonyl (C=O) groups is 2. The monoisotopic (exact) mass is 939 g/mol. The van der Waals surface area contributed by atoms with E-state index in [4.69, 9.17) is 14.2 Å². The van der Waals surface area contributed by atoms with E-state index < -0.39 is 6.10 Å². The van der Waals surface area contributed by atoms with Crippen molar-refractivity contribution in [3.05, 3.63) is 134 Å². The van der Waals surface area contributed by atoms with E-state index in [1.807, 2.05) is 12.2 Å². The van der Waals surface area contributed by atoms with Crippen LogP contribution < -0.4 is 0 Å². The Labute approximate surface area is 419 Å². The topological polar surface area (TPSA) is 61.8 Å². The number of unbranched alkanes of at least 4 members (excludes halogenated alkanes) is 17. The van der Waals surface area contributed by atoms with Gasteiger partial charge in [0.15, 0.2) is 6.10 Å². The van der Waals surface area contributed by atoms with Gasteiger partial charge in [0.05, 0.1) is 13.0 Å². The van der Waals surface area contributed by atoms with Crippen molar-refractivity contribution in [1.29, 1.82) is 0 Å². The molecular weight excluding hydrogens is 837 g/mol. The molecule has 0 aliphatic carbocycles. The molecule has 0 heterocycles. The van der Waals surface area contributed by atoms with E-state index in [1.165, 1.54) is 89.9 Å². The summed E-state index contributed by atoms with van der Waals surface area (Å²) in [6, 6.07) is 0. The quantitative estimate of drug-likeness (QED) is 0.0345. The zero-order valence-electron chi connectivity index (χ0n) is 44.1. The minimum Gasteiger partial charge on any atom is -0.462 e. The number of allylic oxidation sites excluding steroid dienone is 21. The average Bonchev–Trinajstić information content (AvgIpc) is 3.34. The van der Waals surface area contributed by atoms with Crippen molar-refractivity contribution >= 4 is 11.9 Å². The van der Waals surface area contributed by atoms with Crippen molar-refractivity contribution in [3.63, 3.8) is 0 Å². The second-order valence-corrected chi connectivity index (χ2v) is 17.7. The molecular formula is C63H102O5. The summed E-state index contributed by atoms with van der Waals surface area (Å²) in [5.74, 6) is -0.579. The highest BCUT2D eigenvalue weighted by Crippen LogP contribution is 2.15. The van der Waals surface area contributed by atoms with Gasteiger partial charge in [0.2, 0.25) is 0 Å². The summed E-state index contributed by atoms with van der Waals surface area (Å²) in [6.07, 6.45) is 82.2. The molecule has 0 saturated heterocycles. The van der Waals surface area contributed by atoms with Gasteiger partial charge in [-0.1, -0.05) is 257 Å². The third kappa shape index (κ3) is 54.6. The van der Waals surface area contributed by atoms with E-state index in [9.17, 15) is 9.59 Å². The molecule has 0 radical (unpaired) electrons. The Bertz CT molecular complexity index is 1430. The van der Waals surface area contributed by atoms with Crippen LogP contribution in [0, 0.1) is 0 Å². The average molecular weight is 940 g/mol. The molecule has 0 bridgehead atoms. The third-order valence-corrected chi connectivity index (χ3v) is 11.2. The molecule has 0 aromatic heterocycles. The largest absolute Gasteiger partial charge is 0.462 e. The van der Waals surface area contributed by atoms with Crippen LogP contribution in [0.1, 0.15) is 226 Å². The molecule has 0 saturated carbocycles. The SMILES string of the molecule is CC/C=C\C/C=C\C/C=C\C/C=C\C/C=C\C/C=C\CCCOCC(COC(=O)CCCCCCCCCCCCCCCCCCC)OC(=O)C/C=C\C/C=C\C/C=C\C/C=C\C/C=C\CC. The lowest BCUT2D eigenvalue weighted by atomic mass is 10.0. The Kier molecular flexibility index (Phi) is 54.0. The molecule has 0 rings (SSSR count). The molecule has 68 heavy (non-hydrogen) atoms. The lowest BCUT2D eigenvalue weighted by molar-refractivity contribution is -0.162. The summed E-state index contributed by atoms with van der Waals surface area (Å²) in [5, 5.41) is 0. The van der Waals surface area contributed by atoms with Gasteiger partial charge in [-0.2, -0.15) is 0 Å². The normalized spacial score (nSPS) is 13.3. The minimum absolute atomic E-state index is 0.0162. The highest BCUT2D eigenvalue weighted by Gasteiger charge is 2.17. The first-order valence-electron chi connectivity index (χ1n) is 27.7. The predicted molar refractivity (Wildman–Crippen MR) is 297 cm³/mol. The van der Waals surface area contributed by atoms with E-state index in [-0.39, 0.29) is 31.6 Å². The lowest BCUT2D eigenvalue weighted by Crippen LogP contribution is -2.29. The van der Waals surface area contributed by atoms with Crippen molar-refractivity contribution in [1.82, 2.24) is 0 Å². The fourth-order valence-corrected chi connectivity index (χ4v) is 7.19. The molecule has 384 valence electrons. The Hall–Kier alpha value is -3.96. The standard InChI is InChI=1S/C63H102O5/c1-4-7-10-13-16-19-22-25-28-30-31-32-34-37-40-43-46-49-52-55-58-66-59-61(68-63(65)57-54-51-48-45-42-39-35-27-24-21-18-15-12-9-6-3)60-67-62(64)56-53-50-47-44-41-38-36-33-29-26-23-20-17-14-11-8-5-2/h7,9-10,12,16,18-19,21,25,27-28,31-32,35,37,40,42,45-46,49,51,54,61H,4-6,8,11,13-15,17,20,22-24,26,29-30,33-34,36,38-39,41,43-44,47-48,50,52-53,55-60H2,1-3H3/b10-7-,12-9-,19-16-,21-18-,28-25-,32-31-,35-27-,40-37-,45-42-,49-46-,54-51-. The van der Waals surface area contributed by atoms with E-state index >= 15 is 0 Å². The number of esters is 2. The molecule has 0 N–H and O–H groups in total. The van der Waals surface area contributed by atoms with Gasteiger partial charge < -0.3 is 14.2 Å². The van der Waals surface area contributed by atoms with Gasteiger partial charge >= 0.3 is 11.9 Å². The molecule has 1 unspecified atom stereocenters. The Morgan fingerprint density at radius 3 is 1.07 bits per heavy atom. The van der Waals surface area contributed by atoms with Gasteiger partial charge in [-0.25, -0.2) is 0 Å². The number of hydrogen-bond donors (Lipinski definition) is 0. The molecule has 0 fully saturated rings. The summed E-state index contributed by atoms with van der Waals surface area (Å²) in [7, 11) is 0. The van der Waals surface area contributed by atoms with Crippen molar-refractivity contribution < 1.29 is 23.8 Å². The molecule has 0 aromatic rings. The first-order valence-corrected chi connectivity index (χ1v) is 27.7. The summed E-state index contributed by atoms with van der Waals surface area (Å²) in [4.78, 5) is 25.4. The second-order valence-electron chi connectivity index (χ2n) is 17.7. The highest BCUT2D eigenvalue weighted by atomic mass is 16.6. The third-order valence-electron chi connectivity index (χ3n) is 11.2. The molecule has 0 aliphatic rings. The second kappa shape index (κ2) is 57.4. The minimum atomic E-state index is -0.629. The van der Waals surface area contributed by atoms with Crippen molar-refractivity contribution in [3.8, 4) is 0 Å². The maximum Gasteiger partial charge on any atom is 0.310 e. The van der Waals surface area contributed by atoms with Gasteiger partial charge in [0.1, 0.15) is 6.61 Å². The number of carbonyl (C=O) groups excluding carboxylic acids is 2. The summed E-state index contributed by atoms with van der Waals surface area (Å²) in [6.45, 7) is 7.35. The first kappa shape index (κ1) is 64.0. The van der Waals surface area contributed by atoms with E-state index in [2.05, 4.69) is 142 Å². The zero-order valence-corrected chi connectivity index (χ0v) is 44.1. The molecule has 0 spiro atoms. The van der Waals surface area contributed by atoms with Crippen molar-refractivity contribution in [2.45, 2.75) is 232 Å². The van der Waals surface area contributed by atoms with Crippen LogP contribution in [0.5, 0.6) is 0 Å². The van der Waals surface area contributed by atoms with Gasteiger partial charge in [0.25, 0.3) is 0 Å². The van der Waals surface area contributed by atoms with Gasteiger partial charge in [-0.3, -0.25) is 9.59 Å². The van der Waals surface area contributed by atoms with Gasteiger partial charge in [-0.15, -0.1) is 0 Å². The van der Waals surface area contributed by atoms with Crippen LogP contribution in [0.3, 0.4) is 0 Å². The molecule has 0 aromatic carbocycles. The van der Waals surface area contributed by atoms with E-state index in [0.29, 0.717) is 13.0 Å². The number of rotatable bonds is 49. The molecule has 5 heteroatoms. The van der Waals surface area contributed by atoms with Crippen LogP contribution in [0.2, 0.25) is 0 Å². The van der Waals surface area contributed by atoms with Crippen LogP contribution in [0.4, 0.5) is 0 Å². The van der Waals surface area contributed by atoms with Crippen LogP contribution in [0.25, 0.3) is 0 Å². The lowest BCUT2D eigenvalue weighted by Gasteiger charge is -2.18. The molecule has 0 aliphatic heterocycles. The number of hydrogen-bond acceptors (Lipinski definition) is 5. The maximum absolute atomic E-state index is 12.8. The summed E-state index contributed by atoms with van der Waals surface area (Å²) < 4.78 is 17.3. The van der Waals surface area contributed by atoms with Gasteiger partial charge in [-0.05, 0) is 89.9 Å². The van der Waals surface area contributed by atoms with Crippen LogP contribution in [-0.2, 0) is 23.8 Å². The van der Waals surface area contributed by atoms with E-state index in [1.54, 1.807) is 0 Å². The van der Waals surface area contributed by atoms with E-state index in [0.717, 1.165) is 103 Å². The van der Waals surface area contributed by atoms with Crippen molar-refractivity contribution in [2.75, 3.05) is 19.8 Å². The molecule has 1 atom stereocenters. The van der Waals surface area contributed by atoms with Crippen LogP contribution >= 0.6 is 0 Å². The van der Waals surface area contributed by atoms with Crippen molar-refractivity contribution in [2.24, 2.45) is 0 Å². The summed E-state index contributed by atoms with van der Waals surface area (Å²) >= 11 is 0. The smallest absolute Gasteiger partial charge is 0.310 e. The number of ether oxygens (including phenoxy) is 3. The highest BCUT2D eigenvalue weighted by molar-refractivity contribution is 5.71. The summed E-state index contributed by atoms with van der Waals surface area (Å²) in [5.41, 5.74) is 0.